The molecule has 3 nitrogen and oxygen atoms in total. The van der Waals surface area contributed by atoms with Crippen LogP contribution in [0.2, 0.25) is 0 Å². The average Bonchev–Trinajstić information content (AvgIpc) is 3.24. The smallest absolute Gasteiger partial charge is 0.264 e. The summed E-state index contributed by atoms with van der Waals surface area (Å²) in [6, 6.07) is 24.0. The normalized spacial score (nSPS) is 17.2. The molecule has 1 aliphatic rings. The van der Waals surface area contributed by atoms with Crippen LogP contribution in [0.4, 0.5) is 5.69 Å². The molecule has 1 aromatic heterocycles. The Morgan fingerprint density at radius 3 is 2.36 bits per heavy atom. The maximum absolute atomic E-state index is 12.2. The summed E-state index contributed by atoms with van der Waals surface area (Å²) in [5.41, 5.74) is 2.01. The van der Waals surface area contributed by atoms with Crippen LogP contribution >= 0.6 is 23.1 Å². The van der Waals surface area contributed by atoms with E-state index in [4.69, 9.17) is 0 Å². The van der Waals surface area contributed by atoms with Crippen LogP contribution in [-0.4, -0.2) is 11.1 Å². The Morgan fingerprint density at radius 2 is 1.60 bits per heavy atom. The van der Waals surface area contributed by atoms with Crippen molar-refractivity contribution in [3.63, 3.8) is 0 Å². The zero-order chi connectivity index (χ0) is 17.1. The zero-order valence-electron chi connectivity index (χ0n) is 13.2. The van der Waals surface area contributed by atoms with E-state index in [0.717, 1.165) is 10.6 Å². The van der Waals surface area contributed by atoms with Gasteiger partial charge in [0.2, 0.25) is 0 Å². The highest BCUT2D eigenvalue weighted by Crippen LogP contribution is 2.33. The van der Waals surface area contributed by atoms with Gasteiger partial charge in [0.15, 0.2) is 5.17 Å². The fourth-order valence-corrected chi connectivity index (χ4v) is 4.28. The molecule has 25 heavy (non-hydrogen) atoms. The summed E-state index contributed by atoms with van der Waals surface area (Å²) in [6.07, 6.45) is 1.92. The predicted molar refractivity (Wildman–Crippen MR) is 107 cm³/mol. The van der Waals surface area contributed by atoms with Crippen molar-refractivity contribution in [2.45, 2.75) is 0 Å². The predicted octanol–water partition coefficient (Wildman–Crippen LogP) is 5.31. The van der Waals surface area contributed by atoms with Crippen molar-refractivity contribution in [1.82, 2.24) is 5.32 Å². The summed E-state index contributed by atoms with van der Waals surface area (Å²) in [4.78, 5) is 19.5. The van der Waals surface area contributed by atoms with Crippen LogP contribution in [0.15, 0.2) is 82.7 Å². The van der Waals surface area contributed by atoms with Gasteiger partial charge in [0.1, 0.15) is 0 Å². The number of rotatable bonds is 3. The molecule has 5 heteroatoms. The number of aliphatic imine (C=N–C) groups is 1. The van der Waals surface area contributed by atoms with Crippen LogP contribution in [0.25, 0.3) is 16.5 Å². The second kappa shape index (κ2) is 7.09. The Balaban J connectivity index is 1.55. The lowest BCUT2D eigenvalue weighted by atomic mass is 10.2. The molecule has 0 atom stereocenters. The molecule has 0 radical (unpaired) electrons. The van der Waals surface area contributed by atoms with Gasteiger partial charge in [0.25, 0.3) is 5.91 Å². The standard InChI is InChI=1S/C20H14N2OS2/c23-19-18(25-20(22-19)21-15-9-5-2-6-10-15)13-16-11-12-17(24-16)14-7-3-1-4-8-14/h1-13H,(H,21,22,23). The maximum Gasteiger partial charge on any atom is 0.264 e. The molecule has 0 aliphatic carbocycles. The van der Waals surface area contributed by atoms with Crippen LogP contribution in [0.1, 0.15) is 4.88 Å². The highest BCUT2D eigenvalue weighted by atomic mass is 32.2. The summed E-state index contributed by atoms with van der Waals surface area (Å²) >= 11 is 3.04. The quantitative estimate of drug-likeness (QED) is 0.642. The first-order chi connectivity index (χ1) is 12.3. The Labute approximate surface area is 154 Å². The molecule has 0 unspecified atom stereocenters. The molecular weight excluding hydrogens is 348 g/mol. The van der Waals surface area contributed by atoms with Crippen molar-refractivity contribution >= 4 is 45.9 Å². The molecule has 1 aliphatic heterocycles. The number of thiophene rings is 1. The minimum Gasteiger partial charge on any atom is -0.300 e. The summed E-state index contributed by atoms with van der Waals surface area (Å²) in [5, 5.41) is 3.43. The fraction of sp³-hybridized carbons (Fsp3) is 0. The van der Waals surface area contributed by atoms with E-state index in [0.29, 0.717) is 10.1 Å². The van der Waals surface area contributed by atoms with E-state index < -0.39 is 0 Å². The Bertz CT molecular complexity index is 960. The zero-order valence-corrected chi connectivity index (χ0v) is 14.8. The third-order valence-corrected chi connectivity index (χ3v) is 5.59. The van der Waals surface area contributed by atoms with Crippen molar-refractivity contribution in [2.75, 3.05) is 0 Å². The van der Waals surface area contributed by atoms with E-state index in [-0.39, 0.29) is 5.91 Å². The third-order valence-electron chi connectivity index (χ3n) is 3.60. The lowest BCUT2D eigenvalue weighted by Crippen LogP contribution is -2.19. The minimum absolute atomic E-state index is 0.102. The van der Waals surface area contributed by atoms with E-state index >= 15 is 0 Å². The van der Waals surface area contributed by atoms with Crippen LogP contribution in [0.5, 0.6) is 0 Å². The first kappa shape index (κ1) is 15.9. The van der Waals surface area contributed by atoms with Gasteiger partial charge >= 0.3 is 0 Å². The molecule has 1 amide bonds. The Kier molecular flexibility index (Phi) is 4.50. The van der Waals surface area contributed by atoms with Gasteiger partial charge in [0.05, 0.1) is 10.6 Å². The number of nitrogens with zero attached hydrogens (tertiary/aromatic N) is 1. The topological polar surface area (TPSA) is 41.5 Å². The molecule has 122 valence electrons. The van der Waals surface area contributed by atoms with Gasteiger partial charge in [0, 0.05) is 9.75 Å². The second-order valence-electron chi connectivity index (χ2n) is 5.39. The lowest BCUT2D eigenvalue weighted by Gasteiger charge is -1.95. The summed E-state index contributed by atoms with van der Waals surface area (Å²) in [6.45, 7) is 0. The van der Waals surface area contributed by atoms with Gasteiger partial charge in [-0.3, -0.25) is 4.79 Å². The highest BCUT2D eigenvalue weighted by Gasteiger charge is 2.24. The molecule has 1 saturated heterocycles. The number of carbonyl (C=O) groups excluding carboxylic acids is 1. The van der Waals surface area contributed by atoms with E-state index in [1.165, 1.54) is 22.2 Å². The largest absolute Gasteiger partial charge is 0.300 e. The molecule has 2 aromatic carbocycles. The van der Waals surface area contributed by atoms with Crippen molar-refractivity contribution in [3.8, 4) is 10.4 Å². The average molecular weight is 362 g/mol. The number of amidine groups is 1. The van der Waals surface area contributed by atoms with Crippen molar-refractivity contribution in [3.05, 3.63) is 82.6 Å². The molecule has 0 saturated carbocycles. The molecule has 3 aromatic rings. The van der Waals surface area contributed by atoms with Crippen LogP contribution in [0, 0.1) is 0 Å². The summed E-state index contributed by atoms with van der Waals surface area (Å²) in [5.74, 6) is -0.102. The summed E-state index contributed by atoms with van der Waals surface area (Å²) in [7, 11) is 0. The number of hydrogen-bond donors (Lipinski definition) is 1. The fourth-order valence-electron chi connectivity index (χ4n) is 2.42. The molecule has 1 fully saturated rings. The lowest BCUT2D eigenvalue weighted by molar-refractivity contribution is -0.115. The SMILES string of the molecule is O=C1NC(=Nc2ccccc2)SC1=Cc1ccc(-c2ccccc2)s1. The molecule has 4 rings (SSSR count). The minimum atomic E-state index is -0.102. The summed E-state index contributed by atoms with van der Waals surface area (Å²) < 4.78 is 0. The number of para-hydroxylation sites is 1. The highest BCUT2D eigenvalue weighted by molar-refractivity contribution is 8.18. The van der Waals surface area contributed by atoms with E-state index in [1.54, 1.807) is 11.3 Å². The van der Waals surface area contributed by atoms with E-state index in [9.17, 15) is 4.79 Å². The molecule has 1 N–H and O–H groups in total. The van der Waals surface area contributed by atoms with Crippen molar-refractivity contribution in [2.24, 2.45) is 4.99 Å². The van der Waals surface area contributed by atoms with Gasteiger partial charge < -0.3 is 5.32 Å². The molecule has 2 heterocycles. The maximum atomic E-state index is 12.2. The number of carbonyl (C=O) groups is 1. The Hall–Kier alpha value is -2.63. The monoisotopic (exact) mass is 362 g/mol. The number of amides is 1. The van der Waals surface area contributed by atoms with Gasteiger partial charge in [-0.05, 0) is 47.7 Å². The van der Waals surface area contributed by atoms with Crippen molar-refractivity contribution < 1.29 is 4.79 Å². The number of benzene rings is 2. The number of thioether (sulfide) groups is 1. The molecule has 0 spiro atoms. The van der Waals surface area contributed by atoms with Gasteiger partial charge in [-0.15, -0.1) is 11.3 Å². The number of nitrogens with one attached hydrogen (secondary N) is 1. The molecule has 0 bridgehead atoms. The van der Waals surface area contributed by atoms with E-state index in [1.807, 2.05) is 60.7 Å². The first-order valence-corrected chi connectivity index (χ1v) is 9.41. The van der Waals surface area contributed by atoms with Crippen molar-refractivity contribution in [1.29, 1.82) is 0 Å². The third kappa shape index (κ3) is 3.73. The van der Waals surface area contributed by atoms with Gasteiger partial charge in [-0.25, -0.2) is 4.99 Å². The van der Waals surface area contributed by atoms with E-state index in [2.05, 4.69) is 28.5 Å². The van der Waals surface area contributed by atoms with Crippen LogP contribution in [0.3, 0.4) is 0 Å². The van der Waals surface area contributed by atoms with Crippen LogP contribution in [-0.2, 0) is 4.79 Å². The first-order valence-electron chi connectivity index (χ1n) is 7.78. The van der Waals surface area contributed by atoms with Gasteiger partial charge in [-0.1, -0.05) is 48.5 Å². The number of hydrogen-bond acceptors (Lipinski definition) is 4. The molecular formula is C20H14N2OS2. The Morgan fingerprint density at radius 1 is 0.880 bits per heavy atom. The van der Waals surface area contributed by atoms with Crippen LogP contribution < -0.4 is 5.32 Å². The van der Waals surface area contributed by atoms with Gasteiger partial charge in [-0.2, -0.15) is 0 Å². The second-order valence-corrected chi connectivity index (χ2v) is 7.53.